The van der Waals surface area contributed by atoms with Crippen molar-refractivity contribution >= 4 is 40.7 Å². The molecule has 0 bridgehead atoms. The maximum atomic E-state index is 10.9. The Morgan fingerprint density at radius 3 is 2.82 bits per heavy atom. The number of hydrogen-bond donors (Lipinski definition) is 1. The first-order valence-corrected chi connectivity index (χ1v) is 6.27. The lowest BCUT2D eigenvalue weighted by molar-refractivity contribution is -0.119. The van der Waals surface area contributed by atoms with Crippen molar-refractivity contribution in [1.82, 2.24) is 5.32 Å². The standard InChI is InChI=1S/C11H12Cl3NO2/c1-7(6-15-10(16)5-12)17-9-4-2-3-8(13)11(9)14/h2-4,7H,5-6H2,1H3,(H,15,16). The molecule has 0 saturated carbocycles. The maximum Gasteiger partial charge on any atom is 0.235 e. The van der Waals surface area contributed by atoms with E-state index in [4.69, 9.17) is 39.5 Å². The molecule has 0 heterocycles. The number of hydrogen-bond acceptors (Lipinski definition) is 2. The minimum Gasteiger partial charge on any atom is -0.487 e. The molecule has 1 aromatic carbocycles. The quantitative estimate of drug-likeness (QED) is 0.848. The van der Waals surface area contributed by atoms with Crippen LogP contribution in [-0.4, -0.2) is 24.4 Å². The molecule has 0 aliphatic heterocycles. The molecule has 0 radical (unpaired) electrons. The van der Waals surface area contributed by atoms with Gasteiger partial charge in [0.2, 0.25) is 5.91 Å². The van der Waals surface area contributed by atoms with E-state index in [0.29, 0.717) is 22.3 Å². The molecule has 94 valence electrons. The van der Waals surface area contributed by atoms with E-state index in [1.54, 1.807) is 18.2 Å². The highest BCUT2D eigenvalue weighted by molar-refractivity contribution is 6.42. The lowest BCUT2D eigenvalue weighted by Crippen LogP contribution is -2.34. The molecule has 1 unspecified atom stereocenters. The zero-order valence-electron chi connectivity index (χ0n) is 9.17. The van der Waals surface area contributed by atoms with Gasteiger partial charge in [0, 0.05) is 0 Å². The van der Waals surface area contributed by atoms with Crippen molar-refractivity contribution < 1.29 is 9.53 Å². The van der Waals surface area contributed by atoms with Crippen LogP contribution in [-0.2, 0) is 4.79 Å². The molecular weight excluding hydrogens is 284 g/mol. The fourth-order valence-corrected chi connectivity index (χ4v) is 1.57. The van der Waals surface area contributed by atoms with Crippen molar-refractivity contribution in [1.29, 1.82) is 0 Å². The number of carbonyl (C=O) groups is 1. The van der Waals surface area contributed by atoms with E-state index < -0.39 is 0 Å². The van der Waals surface area contributed by atoms with Crippen LogP contribution in [0.1, 0.15) is 6.92 Å². The van der Waals surface area contributed by atoms with Crippen molar-refractivity contribution in [3.05, 3.63) is 28.2 Å². The van der Waals surface area contributed by atoms with Crippen molar-refractivity contribution in [3.63, 3.8) is 0 Å². The zero-order valence-corrected chi connectivity index (χ0v) is 11.4. The van der Waals surface area contributed by atoms with Crippen LogP contribution in [0.2, 0.25) is 10.0 Å². The predicted octanol–water partition coefficient (Wildman–Crippen LogP) is 3.12. The molecule has 0 aliphatic carbocycles. The number of amides is 1. The van der Waals surface area contributed by atoms with E-state index in [0.717, 1.165) is 0 Å². The van der Waals surface area contributed by atoms with E-state index in [2.05, 4.69) is 5.32 Å². The van der Waals surface area contributed by atoms with Gasteiger partial charge in [-0.2, -0.15) is 0 Å². The zero-order chi connectivity index (χ0) is 12.8. The Kier molecular flexibility index (Phi) is 5.89. The second kappa shape index (κ2) is 6.94. The molecule has 1 amide bonds. The molecule has 6 heteroatoms. The summed E-state index contributed by atoms with van der Waals surface area (Å²) < 4.78 is 5.55. The first-order valence-electron chi connectivity index (χ1n) is 4.98. The number of alkyl halides is 1. The second-order valence-electron chi connectivity index (χ2n) is 3.42. The van der Waals surface area contributed by atoms with Gasteiger partial charge in [0.1, 0.15) is 22.8 Å². The molecule has 0 fully saturated rings. The summed E-state index contributed by atoms with van der Waals surface area (Å²) >= 11 is 17.2. The van der Waals surface area contributed by atoms with Crippen LogP contribution in [0.25, 0.3) is 0 Å². The van der Waals surface area contributed by atoms with Gasteiger partial charge >= 0.3 is 0 Å². The largest absolute Gasteiger partial charge is 0.487 e. The van der Waals surface area contributed by atoms with Gasteiger partial charge in [0.05, 0.1) is 11.6 Å². The summed E-state index contributed by atoms with van der Waals surface area (Å²) in [5.74, 6) is 0.191. The predicted molar refractivity (Wildman–Crippen MR) is 70.3 cm³/mol. The Morgan fingerprint density at radius 2 is 2.18 bits per heavy atom. The molecule has 1 atom stereocenters. The summed E-state index contributed by atoms with van der Waals surface area (Å²) in [5.41, 5.74) is 0. The van der Waals surface area contributed by atoms with Gasteiger partial charge < -0.3 is 10.1 Å². The van der Waals surface area contributed by atoms with Crippen LogP contribution in [0.4, 0.5) is 0 Å². The Labute approximate surface area is 115 Å². The van der Waals surface area contributed by atoms with Gasteiger partial charge in [-0.05, 0) is 19.1 Å². The van der Waals surface area contributed by atoms with Gasteiger partial charge in [-0.1, -0.05) is 29.3 Å². The van der Waals surface area contributed by atoms with Gasteiger partial charge in [-0.25, -0.2) is 0 Å². The summed E-state index contributed by atoms with van der Waals surface area (Å²) in [7, 11) is 0. The fraction of sp³-hybridized carbons (Fsp3) is 0.364. The lowest BCUT2D eigenvalue weighted by atomic mass is 10.3. The normalized spacial score (nSPS) is 12.0. The molecule has 1 N–H and O–H groups in total. The molecule has 17 heavy (non-hydrogen) atoms. The molecule has 0 saturated heterocycles. The summed E-state index contributed by atoms with van der Waals surface area (Å²) in [6.45, 7) is 2.17. The summed E-state index contributed by atoms with van der Waals surface area (Å²) in [6, 6.07) is 5.14. The fourth-order valence-electron chi connectivity index (χ4n) is 1.14. The summed E-state index contributed by atoms with van der Waals surface area (Å²) in [6.07, 6.45) is -0.224. The lowest BCUT2D eigenvalue weighted by Gasteiger charge is -2.16. The van der Waals surface area contributed by atoms with E-state index >= 15 is 0 Å². The van der Waals surface area contributed by atoms with Crippen molar-refractivity contribution in [2.45, 2.75) is 13.0 Å². The smallest absolute Gasteiger partial charge is 0.235 e. The highest BCUT2D eigenvalue weighted by atomic mass is 35.5. The van der Waals surface area contributed by atoms with Gasteiger partial charge in [-0.15, -0.1) is 11.6 Å². The third-order valence-corrected chi connectivity index (χ3v) is 3.00. The number of ether oxygens (including phenoxy) is 1. The Balaban J connectivity index is 2.53. The molecule has 1 aromatic rings. The average Bonchev–Trinajstić information content (AvgIpc) is 2.32. The van der Waals surface area contributed by atoms with Crippen molar-refractivity contribution in [2.24, 2.45) is 0 Å². The number of nitrogens with one attached hydrogen (secondary N) is 1. The SMILES string of the molecule is CC(CNC(=O)CCl)Oc1cccc(Cl)c1Cl. The monoisotopic (exact) mass is 295 g/mol. The highest BCUT2D eigenvalue weighted by Gasteiger charge is 2.10. The van der Waals surface area contributed by atoms with Crippen LogP contribution in [0, 0.1) is 0 Å². The Bertz CT molecular complexity index is 398. The van der Waals surface area contributed by atoms with Crippen LogP contribution in [0.5, 0.6) is 5.75 Å². The Morgan fingerprint density at radius 1 is 1.47 bits per heavy atom. The van der Waals surface area contributed by atoms with Gasteiger partial charge in [0.25, 0.3) is 0 Å². The van der Waals surface area contributed by atoms with E-state index in [1.807, 2.05) is 6.92 Å². The van der Waals surface area contributed by atoms with Crippen LogP contribution < -0.4 is 10.1 Å². The molecule has 0 aliphatic rings. The minimum absolute atomic E-state index is 0.0648. The minimum atomic E-state index is -0.237. The van der Waals surface area contributed by atoms with Gasteiger partial charge in [0.15, 0.2) is 0 Å². The van der Waals surface area contributed by atoms with E-state index in [9.17, 15) is 4.79 Å². The van der Waals surface area contributed by atoms with Crippen molar-refractivity contribution in [3.8, 4) is 5.75 Å². The molecular formula is C11H12Cl3NO2. The van der Waals surface area contributed by atoms with Crippen LogP contribution >= 0.6 is 34.8 Å². The number of carbonyl (C=O) groups excluding carboxylic acids is 1. The topological polar surface area (TPSA) is 38.3 Å². The molecule has 3 nitrogen and oxygen atoms in total. The third kappa shape index (κ3) is 4.62. The first-order chi connectivity index (χ1) is 8.04. The van der Waals surface area contributed by atoms with E-state index in [-0.39, 0.29) is 17.9 Å². The van der Waals surface area contributed by atoms with Crippen LogP contribution in [0.15, 0.2) is 18.2 Å². The number of halogens is 3. The molecule has 0 spiro atoms. The summed E-state index contributed by atoms with van der Waals surface area (Å²) in [5, 5.41) is 3.41. The average molecular weight is 297 g/mol. The second-order valence-corrected chi connectivity index (χ2v) is 4.47. The number of rotatable bonds is 5. The van der Waals surface area contributed by atoms with Crippen LogP contribution in [0.3, 0.4) is 0 Å². The third-order valence-electron chi connectivity index (χ3n) is 1.95. The number of benzene rings is 1. The highest BCUT2D eigenvalue weighted by Crippen LogP contribution is 2.31. The first kappa shape index (κ1) is 14.4. The Hall–Kier alpha value is -0.640. The summed E-state index contributed by atoms with van der Waals surface area (Å²) in [4.78, 5) is 10.9. The molecule has 1 rings (SSSR count). The van der Waals surface area contributed by atoms with Gasteiger partial charge in [-0.3, -0.25) is 4.79 Å². The maximum absolute atomic E-state index is 10.9. The van der Waals surface area contributed by atoms with E-state index in [1.165, 1.54) is 0 Å². The van der Waals surface area contributed by atoms with Crippen molar-refractivity contribution in [2.75, 3.05) is 12.4 Å². The molecule has 0 aromatic heterocycles.